The molecule has 0 aliphatic carbocycles. The Kier molecular flexibility index (Phi) is 5.65. The SMILES string of the molecule is O=C(c1c[nH]c(-c2nc3ccc(N4CCC(CO)CC4)cc3[nH]2)c1)c1ccccc1C(F)(F)F. The van der Waals surface area contributed by atoms with Crippen LogP contribution in [0.3, 0.4) is 0 Å². The van der Waals surface area contributed by atoms with Crippen LogP contribution in [0.1, 0.15) is 34.3 Å². The second-order valence-electron chi connectivity index (χ2n) is 8.57. The highest BCUT2D eigenvalue weighted by atomic mass is 19.4. The first-order valence-corrected chi connectivity index (χ1v) is 11.1. The van der Waals surface area contributed by atoms with Gasteiger partial charge in [0.15, 0.2) is 11.6 Å². The summed E-state index contributed by atoms with van der Waals surface area (Å²) in [5.41, 5.74) is 1.91. The minimum Gasteiger partial charge on any atom is -0.396 e. The van der Waals surface area contributed by atoms with Crippen LogP contribution in [-0.4, -0.2) is 45.5 Å². The Morgan fingerprint density at radius 1 is 1.12 bits per heavy atom. The number of rotatable bonds is 5. The summed E-state index contributed by atoms with van der Waals surface area (Å²) >= 11 is 0. The number of aromatic nitrogens is 3. The number of nitrogens with one attached hydrogen (secondary N) is 2. The third kappa shape index (κ3) is 4.19. The van der Waals surface area contributed by atoms with Crippen LogP contribution in [0.4, 0.5) is 18.9 Å². The summed E-state index contributed by atoms with van der Waals surface area (Å²) in [6.45, 7) is 1.97. The van der Waals surface area contributed by atoms with Crippen LogP contribution in [-0.2, 0) is 6.18 Å². The molecule has 6 nitrogen and oxygen atoms in total. The third-order valence-electron chi connectivity index (χ3n) is 6.38. The van der Waals surface area contributed by atoms with Gasteiger partial charge in [0.2, 0.25) is 0 Å². The monoisotopic (exact) mass is 468 g/mol. The van der Waals surface area contributed by atoms with Gasteiger partial charge in [0.1, 0.15) is 0 Å². The molecule has 0 spiro atoms. The zero-order valence-electron chi connectivity index (χ0n) is 18.2. The fourth-order valence-electron chi connectivity index (χ4n) is 4.44. The van der Waals surface area contributed by atoms with E-state index in [0.717, 1.165) is 48.7 Å². The molecule has 34 heavy (non-hydrogen) atoms. The molecule has 1 saturated heterocycles. The minimum atomic E-state index is -4.62. The van der Waals surface area contributed by atoms with Crippen LogP contribution >= 0.6 is 0 Å². The van der Waals surface area contributed by atoms with Gasteiger partial charge in [-0.2, -0.15) is 13.2 Å². The highest BCUT2D eigenvalue weighted by molar-refractivity contribution is 6.10. The number of ketones is 1. The molecule has 9 heteroatoms. The average molecular weight is 468 g/mol. The van der Waals surface area contributed by atoms with E-state index in [-0.39, 0.29) is 17.7 Å². The number of H-pyrrole nitrogens is 2. The molecule has 1 aliphatic heterocycles. The van der Waals surface area contributed by atoms with Gasteiger partial charge in [-0.1, -0.05) is 18.2 Å². The lowest BCUT2D eigenvalue weighted by molar-refractivity contribution is -0.137. The molecule has 0 atom stereocenters. The number of piperidine rings is 1. The number of anilines is 1. The summed E-state index contributed by atoms with van der Waals surface area (Å²) in [7, 11) is 0. The van der Waals surface area contributed by atoms with E-state index >= 15 is 0 Å². The molecule has 0 unspecified atom stereocenters. The summed E-state index contributed by atoms with van der Waals surface area (Å²) < 4.78 is 40.0. The van der Waals surface area contributed by atoms with Crippen molar-refractivity contribution in [3.05, 3.63) is 71.4 Å². The number of fused-ring (bicyclic) bond motifs is 1. The van der Waals surface area contributed by atoms with Crippen LogP contribution < -0.4 is 4.90 Å². The molecule has 2 aromatic heterocycles. The molecule has 1 fully saturated rings. The Balaban J connectivity index is 1.40. The minimum absolute atomic E-state index is 0.125. The molecule has 0 radical (unpaired) electrons. The summed E-state index contributed by atoms with van der Waals surface area (Å²) in [5.74, 6) is 0.140. The molecule has 0 bridgehead atoms. The molecule has 4 aromatic rings. The van der Waals surface area contributed by atoms with E-state index in [1.807, 2.05) is 18.2 Å². The number of aliphatic hydroxyl groups is 1. The predicted octanol–water partition coefficient (Wildman–Crippen LogP) is 5.02. The lowest BCUT2D eigenvalue weighted by atomic mass is 9.97. The molecule has 2 aromatic carbocycles. The van der Waals surface area contributed by atoms with E-state index in [1.54, 1.807) is 0 Å². The normalized spacial score (nSPS) is 15.2. The lowest BCUT2D eigenvalue weighted by Crippen LogP contribution is -2.34. The van der Waals surface area contributed by atoms with Crippen molar-refractivity contribution >= 4 is 22.5 Å². The number of nitrogens with zero attached hydrogens (tertiary/aromatic N) is 2. The fourth-order valence-corrected chi connectivity index (χ4v) is 4.44. The molecule has 1 aliphatic rings. The highest BCUT2D eigenvalue weighted by Gasteiger charge is 2.35. The molecule has 0 amide bonds. The predicted molar refractivity (Wildman–Crippen MR) is 123 cm³/mol. The topological polar surface area (TPSA) is 85.0 Å². The van der Waals surface area contributed by atoms with Gasteiger partial charge < -0.3 is 20.0 Å². The van der Waals surface area contributed by atoms with Gasteiger partial charge in [0.05, 0.1) is 22.3 Å². The van der Waals surface area contributed by atoms with Crippen molar-refractivity contribution in [1.29, 1.82) is 0 Å². The number of carbonyl (C=O) groups is 1. The number of imidazole rings is 1. The third-order valence-corrected chi connectivity index (χ3v) is 6.38. The van der Waals surface area contributed by atoms with Gasteiger partial charge in [0, 0.05) is 42.7 Å². The van der Waals surface area contributed by atoms with Crippen LogP contribution in [0.5, 0.6) is 0 Å². The maximum Gasteiger partial charge on any atom is 0.417 e. The number of halogens is 3. The highest BCUT2D eigenvalue weighted by Crippen LogP contribution is 2.33. The van der Waals surface area contributed by atoms with Crippen molar-refractivity contribution in [2.24, 2.45) is 5.92 Å². The number of hydrogen-bond acceptors (Lipinski definition) is 4. The van der Waals surface area contributed by atoms with Crippen LogP contribution in [0.25, 0.3) is 22.6 Å². The molecular formula is C25H23F3N4O2. The molecule has 3 N–H and O–H groups in total. The van der Waals surface area contributed by atoms with E-state index < -0.39 is 17.5 Å². The quantitative estimate of drug-likeness (QED) is 0.359. The molecular weight excluding hydrogens is 445 g/mol. The fraction of sp³-hybridized carbons (Fsp3) is 0.280. The number of carbonyl (C=O) groups excluding carboxylic acids is 1. The zero-order chi connectivity index (χ0) is 23.9. The molecule has 176 valence electrons. The lowest BCUT2D eigenvalue weighted by Gasteiger charge is -2.32. The summed E-state index contributed by atoms with van der Waals surface area (Å²) in [4.78, 5) is 25.9. The standard InChI is InChI=1S/C25H23F3N4O2/c26-25(27,28)19-4-2-1-3-18(19)23(34)16-11-22(29-13-16)24-30-20-6-5-17(12-21(20)31-24)32-9-7-15(14-33)8-10-32/h1-6,11-13,15,29,33H,7-10,14H2,(H,30,31). The maximum absolute atomic E-state index is 13.3. The number of aliphatic hydroxyl groups excluding tert-OH is 1. The van der Waals surface area contributed by atoms with Crippen molar-refractivity contribution in [3.63, 3.8) is 0 Å². The Morgan fingerprint density at radius 3 is 2.62 bits per heavy atom. The average Bonchev–Trinajstić information content (AvgIpc) is 3.50. The Bertz CT molecular complexity index is 1330. The zero-order valence-corrected chi connectivity index (χ0v) is 18.2. The van der Waals surface area contributed by atoms with Gasteiger partial charge in [0.25, 0.3) is 0 Å². The number of alkyl halides is 3. The van der Waals surface area contributed by atoms with E-state index in [1.165, 1.54) is 30.5 Å². The first-order valence-electron chi connectivity index (χ1n) is 11.1. The molecule has 3 heterocycles. The van der Waals surface area contributed by atoms with Crippen molar-refractivity contribution in [2.75, 3.05) is 24.6 Å². The summed E-state index contributed by atoms with van der Waals surface area (Å²) in [5, 5.41) is 9.34. The van der Waals surface area contributed by atoms with E-state index in [0.29, 0.717) is 17.4 Å². The van der Waals surface area contributed by atoms with Crippen LogP contribution in [0.2, 0.25) is 0 Å². The van der Waals surface area contributed by atoms with Gasteiger partial charge in [-0.05, 0) is 49.1 Å². The number of aromatic amines is 2. The largest absolute Gasteiger partial charge is 0.417 e. The van der Waals surface area contributed by atoms with Crippen molar-refractivity contribution in [1.82, 2.24) is 15.0 Å². The van der Waals surface area contributed by atoms with Crippen molar-refractivity contribution < 1.29 is 23.1 Å². The van der Waals surface area contributed by atoms with Crippen LogP contribution in [0.15, 0.2) is 54.7 Å². The van der Waals surface area contributed by atoms with Gasteiger partial charge >= 0.3 is 6.18 Å². The van der Waals surface area contributed by atoms with E-state index in [2.05, 4.69) is 19.9 Å². The van der Waals surface area contributed by atoms with Gasteiger partial charge in [-0.25, -0.2) is 4.98 Å². The molecule has 0 saturated carbocycles. The van der Waals surface area contributed by atoms with Crippen molar-refractivity contribution in [3.8, 4) is 11.5 Å². The van der Waals surface area contributed by atoms with Gasteiger partial charge in [-0.15, -0.1) is 0 Å². The Morgan fingerprint density at radius 2 is 1.88 bits per heavy atom. The summed E-state index contributed by atoms with van der Waals surface area (Å²) in [6.07, 6.45) is -1.33. The summed E-state index contributed by atoms with van der Waals surface area (Å²) in [6, 6.07) is 12.2. The second kappa shape index (κ2) is 8.64. The Hall–Kier alpha value is -3.59. The van der Waals surface area contributed by atoms with E-state index in [4.69, 9.17) is 0 Å². The first kappa shape index (κ1) is 22.2. The van der Waals surface area contributed by atoms with E-state index in [9.17, 15) is 23.1 Å². The Labute approximate surface area is 193 Å². The van der Waals surface area contributed by atoms with Crippen LogP contribution in [0, 0.1) is 5.92 Å². The van der Waals surface area contributed by atoms with Crippen molar-refractivity contribution in [2.45, 2.75) is 19.0 Å². The molecule has 5 rings (SSSR count). The second-order valence-corrected chi connectivity index (χ2v) is 8.57. The first-order chi connectivity index (χ1) is 16.3. The number of hydrogen-bond donors (Lipinski definition) is 3. The maximum atomic E-state index is 13.3. The number of benzene rings is 2. The smallest absolute Gasteiger partial charge is 0.396 e. The van der Waals surface area contributed by atoms with Gasteiger partial charge in [-0.3, -0.25) is 4.79 Å².